The number of hydrogen-bond donors (Lipinski definition) is 3. The van der Waals surface area contributed by atoms with Gasteiger partial charge in [0.25, 0.3) is 0 Å². The summed E-state index contributed by atoms with van der Waals surface area (Å²) in [7, 11) is 0. The van der Waals surface area contributed by atoms with Crippen LogP contribution in [0.4, 0.5) is 15.8 Å². The number of thioether (sulfide) groups is 1. The number of aromatic nitrogens is 2. The lowest BCUT2D eigenvalue weighted by molar-refractivity contribution is -0.113. The summed E-state index contributed by atoms with van der Waals surface area (Å²) in [4.78, 5) is 12.5. The van der Waals surface area contributed by atoms with Crippen molar-refractivity contribution in [3.63, 3.8) is 0 Å². The number of aromatic amines is 1. The number of carbonyl (C=O) groups excluding carboxylic acids is 1. The van der Waals surface area contributed by atoms with E-state index in [0.29, 0.717) is 10.6 Å². The Bertz CT molecular complexity index is 622. The van der Waals surface area contributed by atoms with E-state index >= 15 is 0 Å². The van der Waals surface area contributed by atoms with E-state index in [9.17, 15) is 9.18 Å². The summed E-state index contributed by atoms with van der Waals surface area (Å²) in [6.07, 6.45) is 0. The van der Waals surface area contributed by atoms with Crippen molar-refractivity contribution in [2.45, 2.75) is 18.7 Å². The van der Waals surface area contributed by atoms with E-state index in [-0.39, 0.29) is 17.3 Å². The van der Waals surface area contributed by atoms with Crippen molar-refractivity contribution < 1.29 is 9.18 Å². The smallest absolute Gasteiger partial charge is 0.234 e. The summed E-state index contributed by atoms with van der Waals surface area (Å²) in [6, 6.07) is 4.49. The van der Waals surface area contributed by atoms with E-state index in [1.54, 1.807) is 6.07 Å². The molecule has 2 rings (SSSR count). The number of carbonyl (C=O) groups is 1. The van der Waals surface area contributed by atoms with Gasteiger partial charge in [-0.3, -0.25) is 9.89 Å². The molecule has 0 spiro atoms. The van der Waals surface area contributed by atoms with Crippen molar-refractivity contribution in [3.8, 4) is 0 Å². The second kappa shape index (κ2) is 5.96. The minimum atomic E-state index is -0.475. The standard InChI is InChI=1S/C13H15FN4OS/c1-7-13(8(2)18-17-7)16-12(19)6-20-9-3-4-11(15)10(14)5-9/h3-5H,6,15H2,1-2H3,(H,16,19)(H,17,18). The molecule has 1 aromatic heterocycles. The maximum atomic E-state index is 13.3. The molecule has 0 fully saturated rings. The fourth-order valence-corrected chi connectivity index (χ4v) is 2.38. The Hall–Kier alpha value is -2.02. The maximum Gasteiger partial charge on any atom is 0.234 e. The van der Waals surface area contributed by atoms with Gasteiger partial charge < -0.3 is 11.1 Å². The van der Waals surface area contributed by atoms with Gasteiger partial charge in [0.05, 0.1) is 28.5 Å². The van der Waals surface area contributed by atoms with Gasteiger partial charge >= 0.3 is 0 Å². The van der Waals surface area contributed by atoms with Gasteiger partial charge in [-0.25, -0.2) is 4.39 Å². The monoisotopic (exact) mass is 294 g/mol. The molecule has 5 nitrogen and oxygen atoms in total. The largest absolute Gasteiger partial charge is 0.396 e. The summed E-state index contributed by atoms with van der Waals surface area (Å²) in [5.41, 5.74) is 7.73. The van der Waals surface area contributed by atoms with Crippen molar-refractivity contribution in [2.24, 2.45) is 0 Å². The fraction of sp³-hybridized carbons (Fsp3) is 0.231. The summed E-state index contributed by atoms with van der Waals surface area (Å²) in [6.45, 7) is 3.64. The molecule has 20 heavy (non-hydrogen) atoms. The second-order valence-corrected chi connectivity index (χ2v) is 5.38. The van der Waals surface area contributed by atoms with Crippen LogP contribution >= 0.6 is 11.8 Å². The molecule has 0 atom stereocenters. The zero-order chi connectivity index (χ0) is 14.7. The van der Waals surface area contributed by atoms with Crippen LogP contribution in [-0.2, 0) is 4.79 Å². The van der Waals surface area contributed by atoms with Crippen molar-refractivity contribution >= 4 is 29.0 Å². The number of anilines is 2. The highest BCUT2D eigenvalue weighted by Crippen LogP contribution is 2.23. The number of benzene rings is 1. The molecule has 0 aliphatic heterocycles. The highest BCUT2D eigenvalue weighted by molar-refractivity contribution is 8.00. The van der Waals surface area contributed by atoms with Crippen molar-refractivity contribution in [2.75, 3.05) is 16.8 Å². The summed E-state index contributed by atoms with van der Waals surface area (Å²) in [5, 5.41) is 9.58. The quantitative estimate of drug-likeness (QED) is 0.597. The van der Waals surface area contributed by atoms with Crippen LogP contribution in [0.2, 0.25) is 0 Å². The third kappa shape index (κ3) is 3.30. The number of H-pyrrole nitrogens is 1. The van der Waals surface area contributed by atoms with Gasteiger partial charge in [-0.1, -0.05) is 0 Å². The van der Waals surface area contributed by atoms with Gasteiger partial charge in [-0.15, -0.1) is 11.8 Å². The van der Waals surface area contributed by atoms with E-state index in [1.165, 1.54) is 23.9 Å². The van der Waals surface area contributed by atoms with Gasteiger partial charge in [0.2, 0.25) is 5.91 Å². The molecule has 1 amide bonds. The maximum absolute atomic E-state index is 13.3. The van der Waals surface area contributed by atoms with Crippen LogP contribution < -0.4 is 11.1 Å². The second-order valence-electron chi connectivity index (χ2n) is 4.33. The molecule has 106 valence electrons. The first-order chi connectivity index (χ1) is 9.47. The van der Waals surface area contributed by atoms with E-state index in [2.05, 4.69) is 15.5 Å². The Balaban J connectivity index is 1.94. The first kappa shape index (κ1) is 14.4. The fourth-order valence-electron chi connectivity index (χ4n) is 1.66. The SMILES string of the molecule is Cc1n[nH]c(C)c1NC(=O)CSc1ccc(N)c(F)c1. The molecule has 0 aliphatic carbocycles. The van der Waals surface area contributed by atoms with Crippen molar-refractivity contribution in [1.29, 1.82) is 0 Å². The van der Waals surface area contributed by atoms with Gasteiger partial charge in [0, 0.05) is 4.90 Å². The number of halogens is 1. The molecule has 0 bridgehead atoms. The van der Waals surface area contributed by atoms with Crippen LogP contribution in [-0.4, -0.2) is 21.9 Å². The number of nitrogens with one attached hydrogen (secondary N) is 2. The number of aryl methyl sites for hydroxylation is 2. The van der Waals surface area contributed by atoms with Crippen molar-refractivity contribution in [3.05, 3.63) is 35.4 Å². The molecule has 1 heterocycles. The zero-order valence-corrected chi connectivity index (χ0v) is 12.0. The van der Waals surface area contributed by atoms with Crippen LogP contribution in [0.15, 0.2) is 23.1 Å². The first-order valence-corrected chi connectivity index (χ1v) is 6.95. The average Bonchev–Trinajstić information content (AvgIpc) is 2.72. The molecule has 0 radical (unpaired) electrons. The molecule has 0 saturated heterocycles. The highest BCUT2D eigenvalue weighted by atomic mass is 32.2. The van der Waals surface area contributed by atoms with Crippen molar-refractivity contribution in [1.82, 2.24) is 10.2 Å². The minimum Gasteiger partial charge on any atom is -0.396 e. The third-order valence-electron chi connectivity index (χ3n) is 2.73. The molecular formula is C13H15FN4OS. The predicted molar refractivity (Wildman–Crippen MR) is 78.2 cm³/mol. The summed E-state index contributed by atoms with van der Waals surface area (Å²) in [5.74, 6) is -0.454. The Labute approximate surface area is 120 Å². The van der Waals surface area contributed by atoms with Crippen LogP contribution in [0, 0.1) is 19.7 Å². The molecule has 0 aliphatic rings. The van der Waals surface area contributed by atoms with E-state index in [0.717, 1.165) is 11.4 Å². The van der Waals surface area contributed by atoms with Gasteiger partial charge in [-0.2, -0.15) is 5.10 Å². The molecule has 1 aromatic carbocycles. The summed E-state index contributed by atoms with van der Waals surface area (Å²) >= 11 is 1.25. The Kier molecular flexibility index (Phi) is 4.29. The first-order valence-electron chi connectivity index (χ1n) is 5.96. The highest BCUT2D eigenvalue weighted by Gasteiger charge is 2.11. The van der Waals surface area contributed by atoms with Crippen LogP contribution in [0.5, 0.6) is 0 Å². The molecular weight excluding hydrogens is 279 g/mol. The van der Waals surface area contributed by atoms with E-state index in [1.807, 2.05) is 13.8 Å². The van der Waals surface area contributed by atoms with Crippen LogP contribution in [0.25, 0.3) is 0 Å². The van der Waals surface area contributed by atoms with Crippen LogP contribution in [0.1, 0.15) is 11.4 Å². The predicted octanol–water partition coefficient (Wildman–Crippen LogP) is 2.48. The number of rotatable bonds is 4. The summed E-state index contributed by atoms with van der Waals surface area (Å²) < 4.78 is 13.3. The molecule has 7 heteroatoms. The Morgan fingerprint density at radius 3 is 2.85 bits per heavy atom. The molecule has 0 unspecified atom stereocenters. The lowest BCUT2D eigenvalue weighted by Crippen LogP contribution is -2.15. The number of nitrogen functional groups attached to an aromatic ring is 1. The lowest BCUT2D eigenvalue weighted by Gasteiger charge is -2.06. The Morgan fingerprint density at radius 1 is 1.50 bits per heavy atom. The number of nitrogens with two attached hydrogens (primary N) is 1. The van der Waals surface area contributed by atoms with Gasteiger partial charge in [-0.05, 0) is 32.0 Å². The minimum absolute atomic E-state index is 0.100. The Morgan fingerprint density at radius 2 is 2.25 bits per heavy atom. The third-order valence-corrected chi connectivity index (χ3v) is 3.73. The van der Waals surface area contributed by atoms with E-state index in [4.69, 9.17) is 5.73 Å². The molecule has 2 aromatic rings. The lowest BCUT2D eigenvalue weighted by atomic mass is 10.3. The molecule has 4 N–H and O–H groups in total. The molecule has 0 saturated carbocycles. The number of hydrogen-bond acceptors (Lipinski definition) is 4. The normalized spacial score (nSPS) is 10.6. The zero-order valence-electron chi connectivity index (χ0n) is 11.2. The average molecular weight is 294 g/mol. The van der Waals surface area contributed by atoms with Crippen LogP contribution in [0.3, 0.4) is 0 Å². The number of amides is 1. The van der Waals surface area contributed by atoms with Gasteiger partial charge in [0.15, 0.2) is 0 Å². The topological polar surface area (TPSA) is 83.8 Å². The number of nitrogens with zero attached hydrogens (tertiary/aromatic N) is 1. The van der Waals surface area contributed by atoms with Gasteiger partial charge in [0.1, 0.15) is 5.82 Å². The van der Waals surface area contributed by atoms with E-state index < -0.39 is 5.82 Å².